The van der Waals surface area contributed by atoms with Crippen molar-refractivity contribution in [2.75, 3.05) is 6.61 Å². The molecule has 5 nitrogen and oxygen atoms in total. The zero-order valence-electron chi connectivity index (χ0n) is 14.2. The summed E-state index contributed by atoms with van der Waals surface area (Å²) in [6.45, 7) is 6.41. The zero-order valence-corrected chi connectivity index (χ0v) is 14.2. The molecule has 0 unspecified atom stereocenters. The Hall–Kier alpha value is -2.82. The largest absolute Gasteiger partial charge is 0.483 e. The van der Waals surface area contributed by atoms with Gasteiger partial charge in [-0.05, 0) is 50.1 Å². The minimum Gasteiger partial charge on any atom is -0.483 e. The SMILES string of the molecule is Cc1cccc(OCC(=O)NCc2cn3c(C)cccc3n2)c1C. The van der Waals surface area contributed by atoms with Crippen molar-refractivity contribution in [1.82, 2.24) is 14.7 Å². The van der Waals surface area contributed by atoms with Crippen LogP contribution >= 0.6 is 0 Å². The number of carbonyl (C=O) groups excluding carboxylic acids is 1. The predicted octanol–water partition coefficient (Wildman–Crippen LogP) is 2.95. The highest BCUT2D eigenvalue weighted by atomic mass is 16.5. The minimum absolute atomic E-state index is 0.00328. The maximum absolute atomic E-state index is 12.0. The van der Waals surface area contributed by atoms with Crippen LogP contribution in [0.15, 0.2) is 42.6 Å². The van der Waals surface area contributed by atoms with E-state index in [1.165, 1.54) is 0 Å². The summed E-state index contributed by atoms with van der Waals surface area (Å²) in [5, 5.41) is 2.84. The summed E-state index contributed by atoms with van der Waals surface area (Å²) in [6.07, 6.45) is 1.94. The summed E-state index contributed by atoms with van der Waals surface area (Å²) in [5.41, 5.74) is 5.01. The average Bonchev–Trinajstić information content (AvgIpc) is 2.99. The molecule has 1 aromatic carbocycles. The molecular weight excluding hydrogens is 302 g/mol. The molecule has 0 fully saturated rings. The zero-order chi connectivity index (χ0) is 17.1. The van der Waals surface area contributed by atoms with E-state index in [4.69, 9.17) is 4.74 Å². The van der Waals surface area contributed by atoms with Crippen molar-refractivity contribution in [2.24, 2.45) is 0 Å². The molecule has 3 aromatic rings. The van der Waals surface area contributed by atoms with Gasteiger partial charge in [-0.2, -0.15) is 0 Å². The second-order valence-corrected chi connectivity index (χ2v) is 5.89. The molecule has 24 heavy (non-hydrogen) atoms. The molecule has 124 valence electrons. The molecule has 0 aliphatic carbocycles. The van der Waals surface area contributed by atoms with Crippen molar-refractivity contribution in [3.8, 4) is 5.75 Å². The lowest BCUT2D eigenvalue weighted by Crippen LogP contribution is -2.28. The first-order valence-corrected chi connectivity index (χ1v) is 7.94. The van der Waals surface area contributed by atoms with Crippen molar-refractivity contribution in [2.45, 2.75) is 27.3 Å². The topological polar surface area (TPSA) is 55.6 Å². The van der Waals surface area contributed by atoms with Gasteiger partial charge in [0.15, 0.2) is 6.61 Å². The van der Waals surface area contributed by atoms with E-state index in [0.29, 0.717) is 6.54 Å². The summed E-state index contributed by atoms with van der Waals surface area (Å²) < 4.78 is 7.62. The van der Waals surface area contributed by atoms with Gasteiger partial charge in [0.25, 0.3) is 5.91 Å². The molecular formula is C19H21N3O2. The molecule has 2 aromatic heterocycles. The molecule has 0 aliphatic rings. The number of fused-ring (bicyclic) bond motifs is 1. The van der Waals surface area contributed by atoms with Crippen molar-refractivity contribution >= 4 is 11.6 Å². The van der Waals surface area contributed by atoms with Gasteiger partial charge in [-0.3, -0.25) is 4.79 Å². The molecule has 0 radical (unpaired) electrons. The van der Waals surface area contributed by atoms with Gasteiger partial charge in [0.2, 0.25) is 0 Å². The summed E-state index contributed by atoms with van der Waals surface area (Å²) in [7, 11) is 0. The Bertz CT molecular complexity index is 883. The molecule has 0 saturated carbocycles. The van der Waals surface area contributed by atoms with Gasteiger partial charge in [0.05, 0.1) is 12.2 Å². The lowest BCUT2D eigenvalue weighted by Gasteiger charge is -2.10. The molecule has 0 bridgehead atoms. The number of aromatic nitrogens is 2. The van der Waals surface area contributed by atoms with Gasteiger partial charge >= 0.3 is 0 Å². The molecule has 0 aliphatic heterocycles. The number of rotatable bonds is 5. The van der Waals surface area contributed by atoms with Crippen LogP contribution in [0.3, 0.4) is 0 Å². The van der Waals surface area contributed by atoms with E-state index in [9.17, 15) is 4.79 Å². The summed E-state index contributed by atoms with van der Waals surface area (Å²) in [4.78, 5) is 16.5. The molecule has 1 N–H and O–H groups in total. The summed E-state index contributed by atoms with van der Waals surface area (Å²) in [5.74, 6) is 0.582. The lowest BCUT2D eigenvalue weighted by molar-refractivity contribution is -0.123. The first-order chi connectivity index (χ1) is 11.5. The van der Waals surface area contributed by atoms with Gasteiger partial charge in [-0.15, -0.1) is 0 Å². The minimum atomic E-state index is -0.162. The molecule has 1 amide bonds. The first kappa shape index (κ1) is 16.1. The van der Waals surface area contributed by atoms with Gasteiger partial charge in [0.1, 0.15) is 11.4 Å². The Labute approximate surface area is 141 Å². The Kier molecular flexibility index (Phi) is 4.51. The second kappa shape index (κ2) is 6.74. The van der Waals surface area contributed by atoms with Gasteiger partial charge in [-0.25, -0.2) is 4.98 Å². The third-order valence-corrected chi connectivity index (χ3v) is 4.13. The summed E-state index contributed by atoms with van der Waals surface area (Å²) in [6, 6.07) is 11.8. The van der Waals surface area contributed by atoms with Gasteiger partial charge in [0, 0.05) is 11.9 Å². The smallest absolute Gasteiger partial charge is 0.258 e. The number of pyridine rings is 1. The number of hydrogen-bond donors (Lipinski definition) is 1. The Morgan fingerprint density at radius 1 is 1.17 bits per heavy atom. The van der Waals surface area contributed by atoms with Crippen LogP contribution in [0.4, 0.5) is 0 Å². The highest BCUT2D eigenvalue weighted by molar-refractivity contribution is 5.77. The van der Waals surface area contributed by atoms with Crippen molar-refractivity contribution in [3.63, 3.8) is 0 Å². The van der Waals surface area contributed by atoms with E-state index in [2.05, 4.69) is 10.3 Å². The fourth-order valence-electron chi connectivity index (χ4n) is 2.55. The number of carbonyl (C=O) groups is 1. The maximum atomic E-state index is 12.0. The number of amides is 1. The number of aryl methyl sites for hydroxylation is 2. The third-order valence-electron chi connectivity index (χ3n) is 4.13. The van der Waals surface area contributed by atoms with Crippen LogP contribution in [-0.4, -0.2) is 21.9 Å². The van der Waals surface area contributed by atoms with E-state index in [0.717, 1.165) is 33.9 Å². The molecule has 5 heteroatoms. The number of ether oxygens (including phenoxy) is 1. The highest BCUT2D eigenvalue weighted by Gasteiger charge is 2.08. The van der Waals surface area contributed by atoms with Crippen LogP contribution in [-0.2, 0) is 11.3 Å². The number of nitrogens with one attached hydrogen (secondary N) is 1. The van der Waals surface area contributed by atoms with Crippen LogP contribution < -0.4 is 10.1 Å². The van der Waals surface area contributed by atoms with E-state index in [1.54, 1.807) is 0 Å². The summed E-state index contributed by atoms with van der Waals surface area (Å²) >= 11 is 0. The van der Waals surface area contributed by atoms with Crippen LogP contribution in [0.5, 0.6) is 5.75 Å². The quantitative estimate of drug-likeness (QED) is 0.785. The molecule has 3 rings (SSSR count). The fourth-order valence-corrected chi connectivity index (χ4v) is 2.55. The molecule has 2 heterocycles. The van der Waals surface area contributed by atoms with E-state index < -0.39 is 0 Å². The normalized spacial score (nSPS) is 10.8. The number of hydrogen-bond acceptors (Lipinski definition) is 3. The Morgan fingerprint density at radius 3 is 2.75 bits per heavy atom. The Balaban J connectivity index is 1.57. The van der Waals surface area contributed by atoms with Gasteiger partial charge in [-0.1, -0.05) is 18.2 Å². The monoisotopic (exact) mass is 323 g/mol. The van der Waals surface area contributed by atoms with Crippen molar-refractivity contribution in [3.05, 3.63) is 65.1 Å². The first-order valence-electron chi connectivity index (χ1n) is 7.94. The van der Waals surface area contributed by atoms with Crippen LogP contribution in [0.25, 0.3) is 5.65 Å². The standard InChI is InChI=1S/C19H21N3O2/c1-13-6-4-8-17(15(13)3)24-12-19(23)20-10-16-11-22-14(2)7-5-9-18(22)21-16/h4-9,11H,10,12H2,1-3H3,(H,20,23). The van der Waals surface area contributed by atoms with E-state index in [-0.39, 0.29) is 12.5 Å². The molecule has 0 spiro atoms. The predicted molar refractivity (Wildman–Crippen MR) is 93.2 cm³/mol. The average molecular weight is 323 g/mol. The van der Waals surface area contributed by atoms with Crippen LogP contribution in [0.2, 0.25) is 0 Å². The molecule has 0 saturated heterocycles. The van der Waals surface area contributed by atoms with E-state index in [1.807, 2.05) is 67.8 Å². The fraction of sp³-hybridized carbons (Fsp3) is 0.263. The van der Waals surface area contributed by atoms with Crippen LogP contribution in [0, 0.1) is 20.8 Å². The van der Waals surface area contributed by atoms with Crippen molar-refractivity contribution in [1.29, 1.82) is 0 Å². The Morgan fingerprint density at radius 2 is 1.96 bits per heavy atom. The van der Waals surface area contributed by atoms with Gasteiger partial charge < -0.3 is 14.5 Å². The van der Waals surface area contributed by atoms with E-state index >= 15 is 0 Å². The second-order valence-electron chi connectivity index (χ2n) is 5.89. The highest BCUT2D eigenvalue weighted by Crippen LogP contribution is 2.20. The number of benzene rings is 1. The third kappa shape index (κ3) is 3.40. The molecule has 0 atom stereocenters. The van der Waals surface area contributed by atoms with Crippen LogP contribution in [0.1, 0.15) is 22.5 Å². The number of imidazole rings is 1. The lowest BCUT2D eigenvalue weighted by atomic mass is 10.1. The number of nitrogens with zero attached hydrogens (tertiary/aromatic N) is 2. The van der Waals surface area contributed by atoms with Crippen molar-refractivity contribution < 1.29 is 9.53 Å². The maximum Gasteiger partial charge on any atom is 0.258 e.